The highest BCUT2D eigenvalue weighted by Crippen LogP contribution is 2.43. The minimum Gasteiger partial charge on any atom is -0.348 e. The lowest BCUT2D eigenvalue weighted by Gasteiger charge is -2.42. The van der Waals surface area contributed by atoms with Gasteiger partial charge in [-0.25, -0.2) is 8.78 Å². The Morgan fingerprint density at radius 3 is 1.83 bits per heavy atom. The third-order valence-corrected chi connectivity index (χ3v) is 8.58. The summed E-state index contributed by atoms with van der Waals surface area (Å²) in [7, 11) is 0. The first-order valence-electron chi connectivity index (χ1n) is 14.2. The zero-order chi connectivity index (χ0) is 28.4. The number of likely N-dealkylation sites (tertiary alicyclic amines) is 1. The van der Waals surface area contributed by atoms with Crippen LogP contribution in [0.3, 0.4) is 0 Å². The molecule has 2 fully saturated rings. The molecule has 4 nitrogen and oxygen atoms in total. The van der Waals surface area contributed by atoms with Crippen molar-refractivity contribution in [1.29, 1.82) is 0 Å². The molecule has 6 rings (SSSR count). The van der Waals surface area contributed by atoms with Gasteiger partial charge in [0.05, 0.1) is 11.5 Å². The summed E-state index contributed by atoms with van der Waals surface area (Å²) in [5, 5.41) is 3.36. The summed E-state index contributed by atoms with van der Waals surface area (Å²) < 4.78 is 27.2. The molecule has 41 heavy (non-hydrogen) atoms. The third-order valence-electron chi connectivity index (χ3n) is 8.58. The Kier molecular flexibility index (Phi) is 7.39. The Labute approximate surface area is 239 Å². The van der Waals surface area contributed by atoms with Crippen LogP contribution in [0.4, 0.5) is 8.78 Å². The second-order valence-corrected chi connectivity index (χ2v) is 11.2. The number of carbonyl (C=O) groups is 2. The first-order valence-corrected chi connectivity index (χ1v) is 14.2. The van der Waals surface area contributed by atoms with Crippen LogP contribution in [0.2, 0.25) is 0 Å². The molecule has 1 N–H and O–H groups in total. The van der Waals surface area contributed by atoms with E-state index in [1.54, 1.807) is 41.3 Å². The molecule has 1 aliphatic heterocycles. The van der Waals surface area contributed by atoms with E-state index in [1.165, 1.54) is 24.3 Å². The van der Waals surface area contributed by atoms with Crippen LogP contribution in [0, 0.1) is 17.6 Å². The minimum absolute atomic E-state index is 0.0689. The molecule has 0 radical (unpaired) electrons. The molecule has 1 saturated heterocycles. The second kappa shape index (κ2) is 11.3. The van der Waals surface area contributed by atoms with Crippen molar-refractivity contribution in [3.8, 4) is 11.1 Å². The summed E-state index contributed by atoms with van der Waals surface area (Å²) in [6, 6.07) is 29.7. The van der Waals surface area contributed by atoms with Crippen molar-refractivity contribution in [2.75, 3.05) is 13.1 Å². The van der Waals surface area contributed by atoms with Crippen LogP contribution >= 0.6 is 0 Å². The molecule has 208 valence electrons. The first kappa shape index (κ1) is 26.9. The number of amides is 2. The molecule has 1 atom stereocenters. The van der Waals surface area contributed by atoms with Gasteiger partial charge in [0.25, 0.3) is 5.91 Å². The number of piperidine rings is 1. The number of carbonyl (C=O) groups excluding carboxylic acids is 2. The van der Waals surface area contributed by atoms with E-state index in [0.29, 0.717) is 37.4 Å². The lowest BCUT2D eigenvalue weighted by molar-refractivity contribution is -0.129. The highest BCUT2D eigenvalue weighted by Gasteiger charge is 2.46. The fraction of sp³-hybridized carbons (Fsp3) is 0.257. The zero-order valence-corrected chi connectivity index (χ0v) is 22.7. The monoisotopic (exact) mass is 550 g/mol. The molecule has 2 amide bonds. The van der Waals surface area contributed by atoms with Crippen LogP contribution in [0.1, 0.15) is 53.2 Å². The van der Waals surface area contributed by atoms with E-state index in [9.17, 15) is 18.4 Å². The average molecular weight is 551 g/mol. The van der Waals surface area contributed by atoms with Gasteiger partial charge in [-0.1, -0.05) is 66.7 Å². The minimum atomic E-state index is -0.862. The van der Waals surface area contributed by atoms with Crippen LogP contribution in [-0.4, -0.2) is 29.8 Å². The van der Waals surface area contributed by atoms with Gasteiger partial charge in [0.15, 0.2) is 0 Å². The number of rotatable bonds is 7. The summed E-state index contributed by atoms with van der Waals surface area (Å²) in [6.07, 6.45) is 3.03. The summed E-state index contributed by atoms with van der Waals surface area (Å²) in [4.78, 5) is 29.4. The quantitative estimate of drug-likeness (QED) is 0.268. The lowest BCUT2D eigenvalue weighted by Crippen LogP contribution is -2.53. The van der Waals surface area contributed by atoms with Crippen molar-refractivity contribution < 1.29 is 18.4 Å². The van der Waals surface area contributed by atoms with Crippen molar-refractivity contribution in [1.82, 2.24) is 10.2 Å². The molecule has 4 aromatic carbocycles. The fourth-order valence-corrected chi connectivity index (χ4v) is 5.98. The van der Waals surface area contributed by atoms with Gasteiger partial charge in [0.2, 0.25) is 5.91 Å². The maximum Gasteiger partial charge on any atom is 0.253 e. The van der Waals surface area contributed by atoms with Crippen molar-refractivity contribution in [3.05, 3.63) is 131 Å². The van der Waals surface area contributed by atoms with Crippen LogP contribution in [0.25, 0.3) is 11.1 Å². The lowest BCUT2D eigenvalue weighted by atomic mass is 9.71. The number of hydrogen-bond donors (Lipinski definition) is 1. The van der Waals surface area contributed by atoms with Gasteiger partial charge >= 0.3 is 0 Å². The maximum absolute atomic E-state index is 14.1. The highest BCUT2D eigenvalue weighted by molar-refractivity contribution is 5.95. The van der Waals surface area contributed by atoms with E-state index in [2.05, 4.69) is 17.4 Å². The van der Waals surface area contributed by atoms with Crippen LogP contribution < -0.4 is 5.32 Å². The standard InChI is InChI=1S/C35H32F2N2O2/c36-30-16-12-25(13-17-30)24-6-10-28(11-7-24)33(40)39-22-20-35(21-23-39,29-14-18-31(37)19-15-29)34(41)38-32(27-8-9-27)26-4-2-1-3-5-26/h1-7,10-19,27,32H,8-9,20-23H2,(H,38,41). The predicted octanol–water partition coefficient (Wildman–Crippen LogP) is 7.07. The number of halogens is 2. The molecule has 6 heteroatoms. The summed E-state index contributed by atoms with van der Waals surface area (Å²) in [6.45, 7) is 0.811. The number of nitrogens with one attached hydrogen (secondary N) is 1. The van der Waals surface area contributed by atoms with Crippen molar-refractivity contribution in [2.45, 2.75) is 37.1 Å². The SMILES string of the molecule is O=C(c1ccc(-c2ccc(F)cc2)cc1)N1CCC(C(=O)NC(c2ccccc2)C2CC2)(c2ccc(F)cc2)CC1. The molecule has 1 unspecified atom stereocenters. The van der Waals surface area contributed by atoms with Gasteiger partial charge in [-0.05, 0) is 90.3 Å². The van der Waals surface area contributed by atoms with Gasteiger partial charge in [-0.3, -0.25) is 9.59 Å². The van der Waals surface area contributed by atoms with Crippen molar-refractivity contribution in [3.63, 3.8) is 0 Å². The number of benzene rings is 4. The van der Waals surface area contributed by atoms with E-state index in [1.807, 2.05) is 30.3 Å². The van der Waals surface area contributed by atoms with Gasteiger partial charge in [0, 0.05) is 18.7 Å². The van der Waals surface area contributed by atoms with Gasteiger partial charge in [-0.15, -0.1) is 0 Å². The smallest absolute Gasteiger partial charge is 0.253 e. The highest BCUT2D eigenvalue weighted by atomic mass is 19.1. The van der Waals surface area contributed by atoms with Gasteiger partial charge in [-0.2, -0.15) is 0 Å². The third kappa shape index (κ3) is 5.64. The molecule has 4 aromatic rings. The summed E-state index contributed by atoms with van der Waals surface area (Å²) >= 11 is 0. The zero-order valence-electron chi connectivity index (χ0n) is 22.7. The number of hydrogen-bond acceptors (Lipinski definition) is 2. The normalized spacial score (nSPS) is 17.1. The Morgan fingerprint density at radius 1 is 0.732 bits per heavy atom. The van der Waals surface area contributed by atoms with Crippen molar-refractivity contribution >= 4 is 11.8 Å². The van der Waals surface area contributed by atoms with Crippen LogP contribution in [-0.2, 0) is 10.2 Å². The van der Waals surface area contributed by atoms with Crippen LogP contribution in [0.15, 0.2) is 103 Å². The van der Waals surface area contributed by atoms with E-state index >= 15 is 0 Å². The van der Waals surface area contributed by atoms with E-state index < -0.39 is 5.41 Å². The molecule has 0 aromatic heterocycles. The van der Waals surface area contributed by atoms with Gasteiger partial charge in [0.1, 0.15) is 11.6 Å². The number of nitrogens with zero attached hydrogens (tertiary/aromatic N) is 1. The topological polar surface area (TPSA) is 49.4 Å². The molecular formula is C35H32F2N2O2. The molecule has 2 aliphatic rings. The van der Waals surface area contributed by atoms with Gasteiger partial charge < -0.3 is 10.2 Å². The summed E-state index contributed by atoms with van der Waals surface area (Å²) in [5.41, 5.74) is 3.34. The Bertz CT molecular complexity index is 1510. The average Bonchev–Trinajstić information content (AvgIpc) is 3.86. The maximum atomic E-state index is 14.1. The van der Waals surface area contributed by atoms with E-state index in [-0.39, 0.29) is 29.5 Å². The van der Waals surface area contributed by atoms with E-state index in [0.717, 1.165) is 35.1 Å². The summed E-state index contributed by atoms with van der Waals surface area (Å²) in [5.74, 6) is -0.393. The Morgan fingerprint density at radius 2 is 1.27 bits per heavy atom. The second-order valence-electron chi connectivity index (χ2n) is 11.2. The van der Waals surface area contributed by atoms with E-state index in [4.69, 9.17) is 0 Å². The molecule has 1 saturated carbocycles. The predicted molar refractivity (Wildman–Crippen MR) is 155 cm³/mol. The molecule has 0 bridgehead atoms. The van der Waals surface area contributed by atoms with Crippen LogP contribution in [0.5, 0.6) is 0 Å². The molecule has 1 aliphatic carbocycles. The Balaban J connectivity index is 1.20. The Hall–Kier alpha value is -4.32. The molecular weight excluding hydrogens is 518 g/mol. The first-order chi connectivity index (χ1) is 19.9. The molecule has 1 heterocycles. The molecule has 0 spiro atoms. The largest absolute Gasteiger partial charge is 0.348 e. The van der Waals surface area contributed by atoms with Crippen molar-refractivity contribution in [2.24, 2.45) is 5.92 Å². The fourth-order valence-electron chi connectivity index (χ4n) is 5.98.